The Hall–Kier alpha value is -1.32. The first-order valence-electron chi connectivity index (χ1n) is 10.0. The van der Waals surface area contributed by atoms with E-state index < -0.39 is 46.0 Å². The van der Waals surface area contributed by atoms with E-state index in [4.69, 9.17) is 18.9 Å². The van der Waals surface area contributed by atoms with Crippen molar-refractivity contribution in [1.82, 2.24) is 0 Å². The first-order chi connectivity index (χ1) is 13.1. The third-order valence-electron chi connectivity index (χ3n) is 9.05. The number of fused-ring (bicyclic) bond motifs is 4. The van der Waals surface area contributed by atoms with E-state index in [1.54, 1.807) is 0 Å². The molecule has 4 heterocycles. The van der Waals surface area contributed by atoms with Crippen LogP contribution in [0.2, 0.25) is 0 Å². The molecule has 9 atom stereocenters. The van der Waals surface area contributed by atoms with E-state index in [1.165, 1.54) is 0 Å². The maximum Gasteiger partial charge on any atom is 0.334 e. The summed E-state index contributed by atoms with van der Waals surface area (Å²) in [5.41, 5.74) is -5.20. The minimum absolute atomic E-state index is 0.0429. The third kappa shape index (κ3) is 1.15. The average molecular weight is 390 g/mol. The van der Waals surface area contributed by atoms with E-state index in [0.717, 1.165) is 0 Å². The molecule has 8 heteroatoms. The summed E-state index contributed by atoms with van der Waals surface area (Å²) in [6, 6.07) is 0. The number of cyclic esters (lactones) is 1. The molecule has 0 aromatic heterocycles. The van der Waals surface area contributed by atoms with E-state index in [9.17, 15) is 19.8 Å². The van der Waals surface area contributed by atoms with Crippen LogP contribution in [0.15, 0.2) is 11.1 Å². The van der Waals surface area contributed by atoms with Crippen LogP contribution in [0.1, 0.15) is 33.6 Å². The van der Waals surface area contributed by atoms with Gasteiger partial charge in [-0.05, 0) is 18.8 Å². The van der Waals surface area contributed by atoms with Crippen molar-refractivity contribution < 1.29 is 38.7 Å². The van der Waals surface area contributed by atoms with Gasteiger partial charge in [0.15, 0.2) is 11.2 Å². The van der Waals surface area contributed by atoms with Gasteiger partial charge in [-0.15, -0.1) is 0 Å². The van der Waals surface area contributed by atoms with Crippen molar-refractivity contribution in [2.75, 3.05) is 6.61 Å². The fourth-order valence-corrected chi connectivity index (χ4v) is 7.48. The number of esters is 1. The maximum atomic E-state index is 13.7. The van der Waals surface area contributed by atoms with Crippen LogP contribution in [0, 0.1) is 11.3 Å². The molecule has 7 rings (SSSR count). The Kier molecular flexibility index (Phi) is 2.34. The van der Waals surface area contributed by atoms with Crippen molar-refractivity contribution in [2.24, 2.45) is 11.3 Å². The summed E-state index contributed by atoms with van der Waals surface area (Å²) < 4.78 is 23.4. The second-order valence-electron chi connectivity index (χ2n) is 9.94. The molecule has 4 aliphatic heterocycles. The molecule has 7 aliphatic rings. The fraction of sp³-hybridized carbons (Fsp3) is 0.800. The van der Waals surface area contributed by atoms with Gasteiger partial charge >= 0.3 is 5.97 Å². The number of aliphatic hydroxyl groups is 2. The number of carbonyl (C=O) groups is 2. The molecule has 0 radical (unpaired) electrons. The summed E-state index contributed by atoms with van der Waals surface area (Å²) in [4.78, 5) is 25.8. The smallest absolute Gasteiger partial charge is 0.334 e. The highest BCUT2D eigenvalue weighted by Gasteiger charge is 3.04. The van der Waals surface area contributed by atoms with Crippen LogP contribution >= 0.6 is 0 Å². The standard InChI is InChI=1S/C20H22O8/c1-7(2)17-12(26-17)13-20(28-13)16(3)5-4-8-9(6-25-14(8)22)18(16,24)10(21)11-19(20,27-11)15(17)23/h7,10-13,21,24H,4-6H2,1-3H3/t10-,11-,12-,13-,16-,17-,18+,19+,20+/m0/s1. The first-order valence-corrected chi connectivity index (χ1v) is 10.0. The molecule has 8 nitrogen and oxygen atoms in total. The molecule has 5 fully saturated rings. The zero-order valence-electron chi connectivity index (χ0n) is 15.9. The van der Waals surface area contributed by atoms with Crippen molar-refractivity contribution >= 4 is 11.8 Å². The lowest BCUT2D eigenvalue weighted by atomic mass is 9.44. The fourth-order valence-electron chi connectivity index (χ4n) is 7.48. The summed E-state index contributed by atoms with van der Waals surface area (Å²) >= 11 is 0. The number of ether oxygens (including phenoxy) is 4. The number of hydrogen-bond donors (Lipinski definition) is 2. The second kappa shape index (κ2) is 3.98. The lowest BCUT2D eigenvalue weighted by molar-refractivity contribution is -0.194. The van der Waals surface area contributed by atoms with Crippen molar-refractivity contribution in [3.05, 3.63) is 11.1 Å². The number of ketones is 1. The summed E-state index contributed by atoms with van der Waals surface area (Å²) in [5.74, 6) is -0.653. The quantitative estimate of drug-likeness (QED) is 0.450. The van der Waals surface area contributed by atoms with Crippen LogP contribution in [0.4, 0.5) is 0 Å². The van der Waals surface area contributed by atoms with E-state index in [2.05, 4.69) is 0 Å². The topological polar surface area (TPSA) is 121 Å². The summed E-state index contributed by atoms with van der Waals surface area (Å²) in [7, 11) is 0. The zero-order valence-corrected chi connectivity index (χ0v) is 15.9. The number of hydrogen-bond acceptors (Lipinski definition) is 8. The van der Waals surface area contributed by atoms with Crippen LogP contribution in [0.5, 0.6) is 0 Å². The number of aliphatic hydroxyl groups excluding tert-OH is 1. The van der Waals surface area contributed by atoms with Crippen molar-refractivity contribution in [2.45, 2.75) is 80.4 Å². The molecule has 0 amide bonds. The molecule has 28 heavy (non-hydrogen) atoms. The maximum absolute atomic E-state index is 13.7. The van der Waals surface area contributed by atoms with Crippen LogP contribution in [-0.4, -0.2) is 75.4 Å². The molecular weight excluding hydrogens is 368 g/mol. The van der Waals surface area contributed by atoms with Gasteiger partial charge in [-0.25, -0.2) is 4.79 Å². The normalized spacial score (nSPS) is 62.2. The van der Waals surface area contributed by atoms with Crippen LogP contribution < -0.4 is 0 Å². The average Bonchev–Trinajstić information content (AvgIpc) is 3.54. The van der Waals surface area contributed by atoms with Gasteiger partial charge in [0, 0.05) is 16.6 Å². The van der Waals surface area contributed by atoms with E-state index >= 15 is 0 Å². The molecule has 150 valence electrons. The van der Waals surface area contributed by atoms with Gasteiger partial charge in [0.2, 0.25) is 5.78 Å². The molecule has 2 spiro atoms. The Bertz CT molecular complexity index is 940. The molecule has 0 aromatic carbocycles. The van der Waals surface area contributed by atoms with E-state index in [0.29, 0.717) is 24.0 Å². The van der Waals surface area contributed by atoms with Crippen LogP contribution in [0.25, 0.3) is 0 Å². The summed E-state index contributed by atoms with van der Waals surface area (Å²) in [6.07, 6.45) is -2.17. The molecule has 0 bridgehead atoms. The molecule has 0 aromatic rings. The highest BCUT2D eigenvalue weighted by molar-refractivity contribution is 6.05. The lowest BCUT2D eigenvalue weighted by Crippen LogP contribution is -2.77. The highest BCUT2D eigenvalue weighted by atomic mass is 16.7. The van der Waals surface area contributed by atoms with E-state index in [1.807, 2.05) is 20.8 Å². The molecular formula is C20H22O8. The Morgan fingerprint density at radius 2 is 1.86 bits per heavy atom. The van der Waals surface area contributed by atoms with Crippen molar-refractivity contribution in [3.8, 4) is 0 Å². The van der Waals surface area contributed by atoms with Gasteiger partial charge in [-0.2, -0.15) is 0 Å². The second-order valence-corrected chi connectivity index (χ2v) is 9.94. The van der Waals surface area contributed by atoms with Gasteiger partial charge in [0.1, 0.15) is 42.2 Å². The van der Waals surface area contributed by atoms with Gasteiger partial charge < -0.3 is 29.2 Å². The Labute approximate surface area is 160 Å². The van der Waals surface area contributed by atoms with Gasteiger partial charge in [0.05, 0.1) is 0 Å². The first kappa shape index (κ1) is 16.5. The Balaban J connectivity index is 1.46. The van der Waals surface area contributed by atoms with Crippen LogP contribution in [0.3, 0.4) is 0 Å². The predicted molar refractivity (Wildman–Crippen MR) is 88.9 cm³/mol. The van der Waals surface area contributed by atoms with Crippen molar-refractivity contribution in [1.29, 1.82) is 0 Å². The van der Waals surface area contributed by atoms with Crippen molar-refractivity contribution in [3.63, 3.8) is 0 Å². The number of Topliss-reactive ketones (excluding diaryl/α,β-unsaturated/α-hetero) is 1. The van der Waals surface area contributed by atoms with Gasteiger partial charge in [0.25, 0.3) is 0 Å². The molecule has 2 N–H and O–H groups in total. The monoisotopic (exact) mass is 390 g/mol. The molecule has 3 saturated heterocycles. The van der Waals surface area contributed by atoms with E-state index in [-0.39, 0.29) is 30.5 Å². The largest absolute Gasteiger partial charge is 0.458 e. The van der Waals surface area contributed by atoms with Gasteiger partial charge in [-0.1, -0.05) is 20.8 Å². The Morgan fingerprint density at radius 3 is 2.57 bits per heavy atom. The highest BCUT2D eigenvalue weighted by Crippen LogP contribution is 2.82. The number of rotatable bonds is 1. The molecule has 0 unspecified atom stereocenters. The lowest BCUT2D eigenvalue weighted by Gasteiger charge is -2.57. The number of epoxide rings is 3. The molecule has 3 aliphatic carbocycles. The van der Waals surface area contributed by atoms with Gasteiger partial charge in [-0.3, -0.25) is 4.79 Å². The Morgan fingerprint density at radius 1 is 1.11 bits per heavy atom. The zero-order chi connectivity index (χ0) is 19.6. The van der Waals surface area contributed by atoms with Crippen LogP contribution in [-0.2, 0) is 28.5 Å². The minimum Gasteiger partial charge on any atom is -0.458 e. The molecule has 2 saturated carbocycles. The minimum atomic E-state index is -1.75. The summed E-state index contributed by atoms with van der Waals surface area (Å²) in [5, 5.41) is 23.2. The predicted octanol–water partition coefficient (Wildman–Crippen LogP) is -0.603. The number of carbonyl (C=O) groups excluding carboxylic acids is 2. The summed E-state index contributed by atoms with van der Waals surface area (Å²) in [6.45, 7) is 5.68. The third-order valence-corrected chi connectivity index (χ3v) is 9.05. The SMILES string of the molecule is CC(C)[C@]12O[C@H]1[C@@H]1O[C@@]13[C@@]1(C)CCC4=C(COC4=O)[C@@]1(O)[C@@H](O)[C@@H]1O[C@@]13C2=O.